The number of carbonyl (C=O) groups is 2. The molecule has 0 aromatic heterocycles. The molecule has 7 nitrogen and oxygen atoms in total. The zero-order valence-corrected chi connectivity index (χ0v) is 12.0. The molecule has 0 fully saturated rings. The van der Waals surface area contributed by atoms with E-state index in [9.17, 15) is 9.59 Å². The summed E-state index contributed by atoms with van der Waals surface area (Å²) in [6.45, 7) is 1.84. The Hall–Kier alpha value is -2.06. The van der Waals surface area contributed by atoms with Crippen LogP contribution in [-0.2, 0) is 16.1 Å². The van der Waals surface area contributed by atoms with Gasteiger partial charge in [-0.1, -0.05) is 12.1 Å². The van der Waals surface area contributed by atoms with Crippen LogP contribution in [0.1, 0.15) is 5.56 Å². The normalized spacial score (nSPS) is 9.95. The lowest BCUT2D eigenvalue weighted by Gasteiger charge is -2.08. The Kier molecular flexibility index (Phi) is 7.92. The zero-order chi connectivity index (χ0) is 15.5. The van der Waals surface area contributed by atoms with Gasteiger partial charge in [0.2, 0.25) is 13.7 Å². The van der Waals surface area contributed by atoms with Crippen molar-refractivity contribution >= 4 is 19.8 Å². The highest BCUT2D eigenvalue weighted by atomic mass is 16.6. The van der Waals surface area contributed by atoms with E-state index < -0.39 is 6.09 Å². The van der Waals surface area contributed by atoms with Crippen LogP contribution in [0.15, 0.2) is 24.3 Å². The molecule has 0 spiro atoms. The Morgan fingerprint density at radius 2 is 1.90 bits per heavy atom. The van der Waals surface area contributed by atoms with Gasteiger partial charge in [0.15, 0.2) is 0 Å². The lowest BCUT2D eigenvalue weighted by molar-refractivity contribution is 0.140. The summed E-state index contributed by atoms with van der Waals surface area (Å²) in [5.74, 6) is 0.0634. The van der Waals surface area contributed by atoms with Gasteiger partial charge in [-0.15, -0.1) is 0 Å². The van der Waals surface area contributed by atoms with Crippen LogP contribution in [0.25, 0.3) is 0 Å². The standard InChI is InChI=1S/C13H19BN2O5/c14-12(17)20-9-10-1-3-11(4-2-10)21-13(18)16-6-8-19-7-5-15/h1-4H,5-9,14-15H2,(H,16,18). The summed E-state index contributed by atoms with van der Waals surface area (Å²) in [5.41, 5.74) is 6.07. The molecule has 0 saturated heterocycles. The van der Waals surface area contributed by atoms with Crippen LogP contribution in [0, 0.1) is 0 Å². The predicted octanol–water partition coefficient (Wildman–Crippen LogP) is 0.0200. The number of rotatable bonds is 8. The second-order valence-corrected chi connectivity index (χ2v) is 4.14. The summed E-state index contributed by atoms with van der Waals surface area (Å²) in [6, 6.07) is 6.69. The second-order valence-electron chi connectivity index (χ2n) is 4.14. The van der Waals surface area contributed by atoms with E-state index in [0.29, 0.717) is 32.1 Å². The van der Waals surface area contributed by atoms with E-state index >= 15 is 0 Å². The molecule has 114 valence electrons. The van der Waals surface area contributed by atoms with Gasteiger partial charge >= 0.3 is 6.09 Å². The molecule has 0 aliphatic carbocycles. The largest absolute Gasteiger partial charge is 0.469 e. The van der Waals surface area contributed by atoms with Crippen molar-refractivity contribution in [3.63, 3.8) is 0 Å². The number of nitrogens with two attached hydrogens (primary N) is 1. The third-order valence-electron chi connectivity index (χ3n) is 2.35. The molecule has 0 radical (unpaired) electrons. The number of hydrogen-bond acceptors (Lipinski definition) is 6. The molecule has 1 aromatic rings. The fourth-order valence-corrected chi connectivity index (χ4v) is 1.39. The van der Waals surface area contributed by atoms with Gasteiger partial charge < -0.3 is 25.3 Å². The first-order valence-corrected chi connectivity index (χ1v) is 6.57. The van der Waals surface area contributed by atoms with E-state index in [4.69, 9.17) is 19.9 Å². The number of benzene rings is 1. The summed E-state index contributed by atoms with van der Waals surface area (Å²) < 4.78 is 15.0. The van der Waals surface area contributed by atoms with Crippen LogP contribution in [0.5, 0.6) is 5.75 Å². The molecule has 0 aliphatic heterocycles. The molecule has 21 heavy (non-hydrogen) atoms. The number of nitrogens with one attached hydrogen (secondary N) is 1. The maximum absolute atomic E-state index is 11.5. The second kappa shape index (κ2) is 9.79. The highest BCUT2D eigenvalue weighted by molar-refractivity contribution is 6.55. The van der Waals surface area contributed by atoms with E-state index in [1.165, 1.54) is 7.85 Å². The van der Waals surface area contributed by atoms with Gasteiger partial charge in [0.1, 0.15) is 12.4 Å². The molecule has 0 atom stereocenters. The summed E-state index contributed by atoms with van der Waals surface area (Å²) in [7, 11) is 1.35. The third-order valence-corrected chi connectivity index (χ3v) is 2.35. The highest BCUT2D eigenvalue weighted by Gasteiger charge is 2.04. The van der Waals surface area contributed by atoms with E-state index in [1.807, 2.05) is 0 Å². The lowest BCUT2D eigenvalue weighted by atomic mass is 10.2. The average molecular weight is 294 g/mol. The first-order chi connectivity index (χ1) is 10.1. The first-order valence-electron chi connectivity index (χ1n) is 6.57. The molecule has 0 aliphatic rings. The average Bonchev–Trinajstić information content (AvgIpc) is 2.46. The van der Waals surface area contributed by atoms with E-state index in [-0.39, 0.29) is 12.5 Å². The summed E-state index contributed by atoms with van der Waals surface area (Å²) in [6.07, 6.45) is -0.556. The van der Waals surface area contributed by atoms with Crippen molar-refractivity contribution in [2.24, 2.45) is 5.73 Å². The molecule has 0 heterocycles. The van der Waals surface area contributed by atoms with Crippen LogP contribution in [0.3, 0.4) is 0 Å². The van der Waals surface area contributed by atoms with E-state index in [1.54, 1.807) is 24.3 Å². The van der Waals surface area contributed by atoms with Crippen molar-refractivity contribution in [1.29, 1.82) is 0 Å². The van der Waals surface area contributed by atoms with Crippen molar-refractivity contribution in [3.8, 4) is 5.75 Å². The highest BCUT2D eigenvalue weighted by Crippen LogP contribution is 2.13. The van der Waals surface area contributed by atoms with Gasteiger partial charge in [-0.2, -0.15) is 0 Å². The van der Waals surface area contributed by atoms with Gasteiger partial charge in [-0.25, -0.2) is 4.79 Å². The van der Waals surface area contributed by atoms with Gasteiger partial charge in [0, 0.05) is 13.1 Å². The Bertz CT molecular complexity index is 452. The summed E-state index contributed by atoms with van der Waals surface area (Å²) in [4.78, 5) is 22.1. The summed E-state index contributed by atoms with van der Waals surface area (Å²) in [5, 5.41) is 2.55. The zero-order valence-electron chi connectivity index (χ0n) is 12.0. The van der Waals surface area contributed by atoms with Crippen molar-refractivity contribution in [2.45, 2.75) is 6.61 Å². The monoisotopic (exact) mass is 294 g/mol. The number of ether oxygens (including phenoxy) is 3. The number of amides is 1. The van der Waals surface area contributed by atoms with Gasteiger partial charge in [-0.3, -0.25) is 4.79 Å². The molecule has 1 rings (SSSR count). The fraction of sp³-hybridized carbons (Fsp3) is 0.385. The Morgan fingerprint density at radius 1 is 1.19 bits per heavy atom. The molecule has 1 amide bonds. The maximum Gasteiger partial charge on any atom is 0.412 e. The van der Waals surface area contributed by atoms with Crippen LogP contribution in [0.2, 0.25) is 0 Å². The van der Waals surface area contributed by atoms with Gasteiger partial charge in [-0.05, 0) is 17.7 Å². The molecule has 3 N–H and O–H groups in total. The maximum atomic E-state index is 11.5. The number of hydrogen-bond donors (Lipinski definition) is 2. The molecule has 0 saturated carbocycles. The quantitative estimate of drug-likeness (QED) is 0.518. The Balaban J connectivity index is 2.27. The van der Waals surface area contributed by atoms with Crippen LogP contribution >= 0.6 is 0 Å². The molecule has 8 heteroatoms. The van der Waals surface area contributed by atoms with Crippen molar-refractivity contribution in [1.82, 2.24) is 5.32 Å². The summed E-state index contributed by atoms with van der Waals surface area (Å²) >= 11 is 0. The SMILES string of the molecule is BC(=O)OCc1ccc(OC(=O)NCCOCCN)cc1. The molecular weight excluding hydrogens is 275 g/mol. The van der Waals surface area contributed by atoms with Crippen molar-refractivity contribution in [2.75, 3.05) is 26.3 Å². The minimum Gasteiger partial charge on any atom is -0.469 e. The lowest BCUT2D eigenvalue weighted by Crippen LogP contribution is -2.30. The predicted molar refractivity (Wildman–Crippen MR) is 79.1 cm³/mol. The van der Waals surface area contributed by atoms with Crippen LogP contribution in [-0.4, -0.2) is 46.1 Å². The number of carbonyl (C=O) groups excluding carboxylic acids is 2. The fourth-order valence-electron chi connectivity index (χ4n) is 1.39. The topological polar surface area (TPSA) is 99.9 Å². The Labute approximate surface area is 124 Å². The minimum atomic E-state index is -0.556. The van der Waals surface area contributed by atoms with E-state index in [0.717, 1.165) is 5.56 Å². The van der Waals surface area contributed by atoms with Crippen LogP contribution in [0.4, 0.5) is 9.59 Å². The molecule has 1 aromatic carbocycles. The molecular formula is C13H19BN2O5. The first kappa shape index (κ1) is 17.0. The van der Waals surface area contributed by atoms with Gasteiger partial charge in [0.25, 0.3) is 0 Å². The minimum absolute atomic E-state index is 0.195. The molecule has 0 bridgehead atoms. The third kappa shape index (κ3) is 7.96. The molecule has 0 unspecified atom stereocenters. The Morgan fingerprint density at radius 3 is 2.52 bits per heavy atom. The van der Waals surface area contributed by atoms with Crippen LogP contribution < -0.4 is 15.8 Å². The van der Waals surface area contributed by atoms with Crippen molar-refractivity contribution in [3.05, 3.63) is 29.8 Å². The smallest absolute Gasteiger partial charge is 0.412 e. The van der Waals surface area contributed by atoms with Crippen molar-refractivity contribution < 1.29 is 23.8 Å². The van der Waals surface area contributed by atoms with Gasteiger partial charge in [0.05, 0.1) is 13.2 Å². The van der Waals surface area contributed by atoms with E-state index in [2.05, 4.69) is 5.32 Å².